The van der Waals surface area contributed by atoms with Gasteiger partial charge in [-0.3, -0.25) is 9.59 Å². The number of sulfonamides is 1. The van der Waals surface area contributed by atoms with Crippen LogP contribution in [-0.4, -0.2) is 48.8 Å². The van der Waals surface area contributed by atoms with Gasteiger partial charge >= 0.3 is 5.97 Å². The molecule has 2 heterocycles. The maximum atomic E-state index is 13.0. The Morgan fingerprint density at radius 2 is 1.82 bits per heavy atom. The lowest BCUT2D eigenvalue weighted by molar-refractivity contribution is -0.148. The van der Waals surface area contributed by atoms with Crippen molar-refractivity contribution >= 4 is 33.5 Å². The summed E-state index contributed by atoms with van der Waals surface area (Å²) >= 11 is 5.98. The molecule has 3 rings (SSSR count). The molecule has 1 fully saturated rings. The van der Waals surface area contributed by atoms with E-state index < -0.39 is 22.0 Å². The summed E-state index contributed by atoms with van der Waals surface area (Å²) in [4.78, 5) is 29.1. The van der Waals surface area contributed by atoms with Gasteiger partial charge in [0.05, 0.1) is 18.6 Å². The number of piperidine rings is 1. The molecule has 1 aromatic carbocycles. The molecular formula is C23H28ClN3O5S. The number of amides is 1. The Morgan fingerprint density at radius 1 is 1.15 bits per heavy atom. The van der Waals surface area contributed by atoms with Crippen LogP contribution >= 0.6 is 11.6 Å². The van der Waals surface area contributed by atoms with Crippen molar-refractivity contribution in [3.8, 4) is 0 Å². The number of aromatic nitrogens is 1. The molecule has 0 saturated carbocycles. The molecule has 0 aliphatic carbocycles. The van der Waals surface area contributed by atoms with E-state index in [1.165, 1.54) is 22.6 Å². The summed E-state index contributed by atoms with van der Waals surface area (Å²) in [7, 11) is -3.79. The molecule has 1 aliphatic heterocycles. The molecule has 1 saturated heterocycles. The molecule has 0 radical (unpaired) electrons. The lowest BCUT2D eigenvalue weighted by Crippen LogP contribution is -2.44. The third kappa shape index (κ3) is 6.52. The first kappa shape index (κ1) is 25.1. The van der Waals surface area contributed by atoms with Crippen LogP contribution in [0.15, 0.2) is 53.6 Å². The molecule has 33 heavy (non-hydrogen) atoms. The van der Waals surface area contributed by atoms with Crippen LogP contribution in [-0.2, 0) is 24.3 Å². The van der Waals surface area contributed by atoms with Crippen molar-refractivity contribution in [2.45, 2.75) is 50.2 Å². The van der Waals surface area contributed by atoms with Crippen LogP contribution in [0.4, 0.5) is 0 Å². The van der Waals surface area contributed by atoms with Crippen LogP contribution in [0, 0.1) is 5.92 Å². The highest BCUT2D eigenvalue weighted by Gasteiger charge is 2.34. The average molecular weight is 494 g/mol. The molecule has 0 spiro atoms. The molecule has 0 bridgehead atoms. The molecular weight excluding hydrogens is 466 g/mol. The highest BCUT2D eigenvalue weighted by molar-refractivity contribution is 7.89. The minimum atomic E-state index is -3.79. The molecule has 178 valence electrons. The van der Waals surface area contributed by atoms with Crippen LogP contribution in [0.5, 0.6) is 0 Å². The van der Waals surface area contributed by atoms with Crippen LogP contribution < -0.4 is 5.32 Å². The predicted molar refractivity (Wildman–Crippen MR) is 124 cm³/mol. The largest absolute Gasteiger partial charge is 0.463 e. The molecule has 1 N–H and O–H groups in total. The van der Waals surface area contributed by atoms with E-state index in [1.54, 1.807) is 13.8 Å². The third-order valence-corrected chi connectivity index (χ3v) is 7.77. The van der Waals surface area contributed by atoms with Gasteiger partial charge in [-0.1, -0.05) is 41.9 Å². The number of nitrogens with zero attached hydrogens (tertiary/aromatic N) is 2. The Bertz CT molecular complexity index is 1070. The number of nitrogens with one attached hydrogen (secondary N) is 1. The van der Waals surface area contributed by atoms with Gasteiger partial charge in [0.1, 0.15) is 10.0 Å². The van der Waals surface area contributed by atoms with Crippen molar-refractivity contribution in [1.29, 1.82) is 0 Å². The number of pyridine rings is 1. The monoisotopic (exact) mass is 493 g/mol. The fraction of sp³-hybridized carbons (Fsp3) is 0.435. The van der Waals surface area contributed by atoms with Gasteiger partial charge < -0.3 is 10.1 Å². The van der Waals surface area contributed by atoms with Crippen molar-refractivity contribution in [1.82, 2.24) is 14.6 Å². The molecule has 2 aromatic rings. The topological polar surface area (TPSA) is 106 Å². The van der Waals surface area contributed by atoms with Gasteiger partial charge in [0.2, 0.25) is 15.9 Å². The Morgan fingerprint density at radius 3 is 2.42 bits per heavy atom. The minimum Gasteiger partial charge on any atom is -0.463 e. The zero-order chi connectivity index (χ0) is 24.0. The Hall–Kier alpha value is -2.49. The van der Waals surface area contributed by atoms with E-state index in [-0.39, 0.29) is 47.5 Å². The number of ether oxygens (including phenoxy) is 1. The normalized spacial score (nSPS) is 16.4. The fourth-order valence-electron chi connectivity index (χ4n) is 3.77. The smallest absolute Gasteiger partial charge is 0.308 e. The second-order valence-corrected chi connectivity index (χ2v) is 10.4. The minimum absolute atomic E-state index is 0.0145. The first-order chi connectivity index (χ1) is 15.7. The van der Waals surface area contributed by atoms with Gasteiger partial charge in [-0.15, -0.1) is 0 Å². The zero-order valence-corrected chi connectivity index (χ0v) is 20.2. The summed E-state index contributed by atoms with van der Waals surface area (Å²) < 4.78 is 32.4. The lowest BCUT2D eigenvalue weighted by atomic mass is 9.95. The van der Waals surface area contributed by atoms with Gasteiger partial charge in [-0.05, 0) is 44.4 Å². The van der Waals surface area contributed by atoms with Gasteiger partial charge in [0.25, 0.3) is 0 Å². The maximum Gasteiger partial charge on any atom is 0.308 e. The van der Waals surface area contributed by atoms with E-state index in [1.807, 2.05) is 30.3 Å². The number of benzene rings is 1. The number of hydrogen-bond donors (Lipinski definition) is 1. The van der Waals surface area contributed by atoms with Gasteiger partial charge in [0.15, 0.2) is 0 Å². The van der Waals surface area contributed by atoms with E-state index in [4.69, 9.17) is 16.3 Å². The highest BCUT2D eigenvalue weighted by atomic mass is 35.5. The summed E-state index contributed by atoms with van der Waals surface area (Å²) in [6.07, 6.45) is 1.92. The SMILES string of the molecule is CC(C)OC(=O)CC(NC(=O)C1CCN(S(=O)(=O)c2cccnc2Cl)CC1)c1ccccc1. The molecule has 1 unspecified atom stereocenters. The summed E-state index contributed by atoms with van der Waals surface area (Å²) in [6, 6.07) is 11.7. The van der Waals surface area contributed by atoms with Crippen molar-refractivity contribution < 1.29 is 22.7 Å². The number of rotatable bonds is 8. The van der Waals surface area contributed by atoms with E-state index in [9.17, 15) is 18.0 Å². The molecule has 1 amide bonds. The second kappa shape index (κ2) is 11.1. The van der Waals surface area contributed by atoms with Crippen LogP contribution in [0.1, 0.15) is 44.7 Å². The van der Waals surface area contributed by atoms with Gasteiger partial charge in [-0.2, -0.15) is 4.31 Å². The van der Waals surface area contributed by atoms with E-state index in [2.05, 4.69) is 10.3 Å². The van der Waals surface area contributed by atoms with Crippen LogP contribution in [0.2, 0.25) is 5.15 Å². The summed E-state index contributed by atoms with van der Waals surface area (Å²) in [5.41, 5.74) is 0.804. The molecule has 1 atom stereocenters. The van der Waals surface area contributed by atoms with E-state index >= 15 is 0 Å². The van der Waals surface area contributed by atoms with Crippen molar-refractivity contribution in [2.75, 3.05) is 13.1 Å². The summed E-state index contributed by atoms with van der Waals surface area (Å²) in [6.45, 7) is 3.93. The van der Waals surface area contributed by atoms with Crippen LogP contribution in [0.25, 0.3) is 0 Å². The van der Waals surface area contributed by atoms with Gasteiger partial charge in [0, 0.05) is 25.2 Å². The highest BCUT2D eigenvalue weighted by Crippen LogP contribution is 2.28. The standard InChI is InChI=1S/C23H28ClN3O5S/c1-16(2)32-21(28)15-19(17-7-4-3-5-8-17)26-23(29)18-10-13-27(14-11-18)33(30,31)20-9-6-12-25-22(20)24/h3-9,12,16,18-19H,10-11,13-15H2,1-2H3,(H,26,29). The zero-order valence-electron chi connectivity index (χ0n) is 18.6. The first-order valence-electron chi connectivity index (χ1n) is 10.8. The van der Waals surface area contributed by atoms with Crippen molar-refractivity contribution in [3.05, 3.63) is 59.4 Å². The van der Waals surface area contributed by atoms with Crippen LogP contribution in [0.3, 0.4) is 0 Å². The molecule has 1 aromatic heterocycles. The fourth-order valence-corrected chi connectivity index (χ4v) is 5.66. The lowest BCUT2D eigenvalue weighted by Gasteiger charge is -2.31. The Balaban J connectivity index is 1.65. The number of esters is 1. The molecule has 1 aliphatic rings. The van der Waals surface area contributed by atoms with Crippen molar-refractivity contribution in [3.63, 3.8) is 0 Å². The first-order valence-corrected chi connectivity index (χ1v) is 12.7. The van der Waals surface area contributed by atoms with Gasteiger partial charge in [-0.25, -0.2) is 13.4 Å². The number of halogens is 1. The summed E-state index contributed by atoms with van der Waals surface area (Å²) in [5, 5.41) is 2.89. The average Bonchev–Trinajstić information content (AvgIpc) is 2.79. The molecule has 8 nitrogen and oxygen atoms in total. The van der Waals surface area contributed by atoms with E-state index in [0.29, 0.717) is 12.8 Å². The third-order valence-electron chi connectivity index (χ3n) is 5.42. The van der Waals surface area contributed by atoms with Crippen molar-refractivity contribution in [2.24, 2.45) is 5.92 Å². The second-order valence-electron chi connectivity index (χ2n) is 8.19. The molecule has 10 heteroatoms. The van der Waals surface area contributed by atoms with E-state index in [0.717, 1.165) is 5.56 Å². The number of carbonyl (C=O) groups excluding carboxylic acids is 2. The maximum absolute atomic E-state index is 13.0. The number of carbonyl (C=O) groups is 2. The Labute approximate surface area is 199 Å². The predicted octanol–water partition coefficient (Wildman–Crippen LogP) is 3.33. The quantitative estimate of drug-likeness (QED) is 0.446. The Kier molecular flexibility index (Phi) is 8.45. The number of hydrogen-bond acceptors (Lipinski definition) is 6. The summed E-state index contributed by atoms with van der Waals surface area (Å²) in [5.74, 6) is -0.973.